The molecule has 0 N–H and O–H groups in total. The van der Waals surface area contributed by atoms with Gasteiger partial charge in [-0.25, -0.2) is 19.2 Å². The van der Waals surface area contributed by atoms with Crippen molar-refractivity contribution in [1.29, 1.82) is 0 Å². The summed E-state index contributed by atoms with van der Waals surface area (Å²) in [4.78, 5) is 16.5. The summed E-state index contributed by atoms with van der Waals surface area (Å²) in [5, 5.41) is 0. The van der Waals surface area contributed by atoms with Crippen LogP contribution in [0, 0.1) is 18.8 Å². The molecule has 1 aliphatic heterocycles. The predicted molar refractivity (Wildman–Crippen MR) is 191 cm³/mol. The molecule has 2 heterocycles. The van der Waals surface area contributed by atoms with Crippen LogP contribution in [0.3, 0.4) is 0 Å². The van der Waals surface area contributed by atoms with Crippen LogP contribution < -0.4 is 0 Å². The van der Waals surface area contributed by atoms with E-state index in [0.29, 0.717) is 40.7 Å². The highest BCUT2D eigenvalue weighted by molar-refractivity contribution is 7.98. The zero-order valence-corrected chi connectivity index (χ0v) is 26.7. The van der Waals surface area contributed by atoms with Gasteiger partial charge in [0.2, 0.25) is 0 Å². The Hall–Kier alpha value is -5.64. The van der Waals surface area contributed by atoms with Crippen molar-refractivity contribution in [3.63, 3.8) is 0 Å². The highest BCUT2D eigenvalue weighted by Crippen LogP contribution is 2.50. The number of aryl methyl sites for hydroxylation is 1. The minimum absolute atomic E-state index is 0.452. The third-order valence-corrected chi connectivity index (χ3v) is 10.7. The van der Waals surface area contributed by atoms with Gasteiger partial charge in [-0.05, 0) is 66.8 Å². The Balaban J connectivity index is 1.47. The van der Waals surface area contributed by atoms with Crippen molar-refractivity contribution in [2.45, 2.75) is 31.1 Å². The maximum atomic E-state index is 15.3. The Morgan fingerprint density at radius 3 is 2.23 bits per heavy atom. The van der Waals surface area contributed by atoms with Gasteiger partial charge in [-0.3, -0.25) is 0 Å². The van der Waals surface area contributed by atoms with Gasteiger partial charge in [0, 0.05) is 33.6 Å². The first kappa shape index (κ1) is 28.8. The summed E-state index contributed by atoms with van der Waals surface area (Å²) in [6, 6.07) is 30.6. The number of fused-ring (bicyclic) bond motifs is 3. The van der Waals surface area contributed by atoms with Gasteiger partial charge in [-0.1, -0.05) is 109 Å². The van der Waals surface area contributed by atoms with Crippen LogP contribution in [-0.4, -0.2) is 19.2 Å². The molecule has 6 heteroatoms. The molecule has 1 unspecified atom stereocenters. The molecule has 0 bridgehead atoms. The van der Waals surface area contributed by atoms with Crippen LogP contribution in [0.15, 0.2) is 142 Å². The lowest BCUT2D eigenvalue weighted by atomic mass is 9.93. The van der Waals surface area contributed by atoms with Crippen molar-refractivity contribution in [3.05, 3.63) is 144 Å². The first-order chi connectivity index (χ1) is 23.1. The fourth-order valence-electron chi connectivity index (χ4n) is 6.08. The van der Waals surface area contributed by atoms with E-state index in [-0.39, 0.29) is 0 Å². The zero-order chi connectivity index (χ0) is 31.8. The molecule has 0 saturated heterocycles. The molecular weight excluding hydrogens is 597 g/mol. The third kappa shape index (κ3) is 5.35. The number of allylic oxidation sites excluding steroid dienone is 7. The quantitative estimate of drug-likeness (QED) is 0.182. The fourth-order valence-corrected chi connectivity index (χ4v) is 8.44. The second-order valence-corrected chi connectivity index (χ2v) is 13.8. The molecule has 3 aliphatic rings. The number of aromatic nitrogens is 3. The Morgan fingerprint density at radius 2 is 1.45 bits per heavy atom. The zero-order valence-electron chi connectivity index (χ0n) is 25.9. The van der Waals surface area contributed by atoms with Crippen molar-refractivity contribution >= 4 is 21.0 Å². The molecule has 0 spiro atoms. The van der Waals surface area contributed by atoms with E-state index in [0.717, 1.165) is 56.0 Å². The molecule has 5 nitrogen and oxygen atoms in total. The molecule has 0 saturated carbocycles. The van der Waals surface area contributed by atoms with Gasteiger partial charge in [0.1, 0.15) is 9.73 Å². The van der Waals surface area contributed by atoms with Crippen LogP contribution in [-0.2, 0) is 9.73 Å². The maximum Gasteiger partial charge on any atom is 0.172 e. The molecule has 0 amide bonds. The maximum absolute atomic E-state index is 15.3. The van der Waals surface area contributed by atoms with Crippen LogP contribution >= 0.6 is 0 Å². The van der Waals surface area contributed by atoms with Crippen LogP contribution in [0.2, 0.25) is 0 Å². The number of benzene rings is 4. The van der Waals surface area contributed by atoms with E-state index >= 15 is 4.21 Å². The molecule has 1 aromatic heterocycles. The van der Waals surface area contributed by atoms with Gasteiger partial charge in [-0.2, -0.15) is 4.36 Å². The van der Waals surface area contributed by atoms with Crippen LogP contribution in [0.25, 0.3) is 50.6 Å². The first-order valence-corrected chi connectivity index (χ1v) is 17.2. The number of rotatable bonds is 5. The Bertz CT molecular complexity index is 2380. The molecule has 5 aromatic rings. The van der Waals surface area contributed by atoms with E-state index < -0.39 is 9.73 Å². The SMILES string of the molecule is Cc1ccc2c(c1)S(=O)(C1=CCCC=C1)=Nc1c(-c3nc(C4=CC=CCC#C4)nc(-c4ccccc4)n3)cc(-c3ccccc3)cc1-2. The molecule has 0 fully saturated rings. The van der Waals surface area contributed by atoms with Crippen molar-refractivity contribution in [2.24, 2.45) is 4.36 Å². The van der Waals surface area contributed by atoms with Gasteiger partial charge >= 0.3 is 0 Å². The van der Waals surface area contributed by atoms with Crippen molar-refractivity contribution < 1.29 is 4.21 Å². The molecule has 1 atom stereocenters. The lowest BCUT2D eigenvalue weighted by molar-refractivity contribution is 0.681. The molecule has 0 radical (unpaired) electrons. The number of hydrogen-bond acceptors (Lipinski definition) is 5. The predicted octanol–water partition coefficient (Wildman–Crippen LogP) is 9.90. The largest absolute Gasteiger partial charge is 0.239 e. The fraction of sp³-hybridized carbons (Fsp3) is 0.0976. The van der Waals surface area contributed by atoms with E-state index in [1.807, 2.05) is 85.8 Å². The Labute approximate surface area is 275 Å². The van der Waals surface area contributed by atoms with Crippen LogP contribution in [0.5, 0.6) is 0 Å². The van der Waals surface area contributed by atoms with Crippen LogP contribution in [0.1, 0.15) is 30.7 Å². The molecular formula is C41H30N4OS. The van der Waals surface area contributed by atoms with Gasteiger partial charge in [0.15, 0.2) is 17.5 Å². The minimum Gasteiger partial charge on any atom is -0.239 e. The van der Waals surface area contributed by atoms with Crippen molar-refractivity contribution in [2.75, 3.05) is 0 Å². The van der Waals surface area contributed by atoms with E-state index in [1.54, 1.807) is 0 Å². The first-order valence-electron chi connectivity index (χ1n) is 15.7. The lowest BCUT2D eigenvalue weighted by Gasteiger charge is -2.25. The Kier molecular flexibility index (Phi) is 7.32. The third-order valence-electron chi connectivity index (χ3n) is 8.43. The summed E-state index contributed by atoms with van der Waals surface area (Å²) < 4.78 is 20.5. The summed E-state index contributed by atoms with van der Waals surface area (Å²) in [7, 11) is -3.01. The highest BCUT2D eigenvalue weighted by atomic mass is 32.2. The molecule has 226 valence electrons. The second kappa shape index (κ2) is 11.9. The van der Waals surface area contributed by atoms with Gasteiger partial charge in [0.05, 0.1) is 16.2 Å². The number of hydrogen-bond donors (Lipinski definition) is 0. The lowest BCUT2D eigenvalue weighted by Crippen LogP contribution is -2.11. The topological polar surface area (TPSA) is 68.1 Å². The normalized spacial score (nSPS) is 17.6. The minimum atomic E-state index is -3.01. The smallest absolute Gasteiger partial charge is 0.172 e. The van der Waals surface area contributed by atoms with E-state index in [2.05, 4.69) is 60.4 Å². The van der Waals surface area contributed by atoms with Crippen molar-refractivity contribution in [1.82, 2.24) is 15.0 Å². The summed E-state index contributed by atoms with van der Waals surface area (Å²) in [6.45, 7) is 2.03. The van der Waals surface area contributed by atoms with Gasteiger partial charge < -0.3 is 0 Å². The average molecular weight is 627 g/mol. The Morgan fingerprint density at radius 1 is 0.702 bits per heavy atom. The van der Waals surface area contributed by atoms with Crippen molar-refractivity contribution in [3.8, 4) is 56.9 Å². The van der Waals surface area contributed by atoms with Gasteiger partial charge in [-0.15, -0.1) is 0 Å². The summed E-state index contributed by atoms with van der Waals surface area (Å²) in [6.07, 6.45) is 14.5. The average Bonchev–Trinajstić information content (AvgIpc) is 3.42. The summed E-state index contributed by atoms with van der Waals surface area (Å²) >= 11 is 0. The molecule has 2 aliphatic carbocycles. The molecule has 47 heavy (non-hydrogen) atoms. The van der Waals surface area contributed by atoms with E-state index in [4.69, 9.17) is 19.3 Å². The second-order valence-electron chi connectivity index (χ2n) is 11.7. The molecule has 4 aromatic carbocycles. The van der Waals surface area contributed by atoms with Crippen LogP contribution in [0.4, 0.5) is 5.69 Å². The van der Waals surface area contributed by atoms with E-state index in [1.165, 1.54) is 0 Å². The molecule has 8 rings (SSSR count). The summed E-state index contributed by atoms with van der Waals surface area (Å²) in [5.41, 5.74) is 7.77. The number of nitrogens with zero attached hydrogens (tertiary/aromatic N) is 4. The van der Waals surface area contributed by atoms with Gasteiger partial charge in [0.25, 0.3) is 0 Å². The monoisotopic (exact) mass is 626 g/mol. The van der Waals surface area contributed by atoms with E-state index in [9.17, 15) is 0 Å². The summed E-state index contributed by atoms with van der Waals surface area (Å²) in [5.74, 6) is 7.89. The highest BCUT2D eigenvalue weighted by Gasteiger charge is 2.31. The standard InChI is InChI=1S/C41H30N4OS/c1-28-23-24-34-35-26-32(29-15-9-4-10-16-29)27-36(38(35)45-47(46,37(34)25-28)33-21-13-6-14-22-33)41-43-39(30-17-7-2-3-8-18-30)42-40(44-41)31-19-11-5-12-20-31/h2,4-5,7,9-13,15-17,19-27H,3,6,14H2,1H3.